The molecule has 0 heterocycles. The molecule has 0 atom stereocenters. The van der Waals surface area contributed by atoms with Crippen LogP contribution in [0, 0.1) is 0 Å². The van der Waals surface area contributed by atoms with Gasteiger partial charge in [0.05, 0.1) is 13.2 Å². The van der Waals surface area contributed by atoms with E-state index in [1.165, 1.54) is 0 Å². The molecule has 0 N–H and O–H groups in total. The molecule has 0 saturated heterocycles. The Kier molecular flexibility index (Phi) is 6.57. The van der Waals surface area contributed by atoms with Gasteiger partial charge < -0.3 is 14.2 Å². The van der Waals surface area contributed by atoms with Gasteiger partial charge in [-0.1, -0.05) is 52.3 Å². The number of hydrogen-bond acceptors (Lipinski definition) is 3. The van der Waals surface area contributed by atoms with E-state index >= 15 is 0 Å². The van der Waals surface area contributed by atoms with E-state index < -0.39 is 0 Å². The van der Waals surface area contributed by atoms with Crippen molar-refractivity contribution in [1.82, 2.24) is 0 Å². The number of rotatable bonds is 8. The summed E-state index contributed by atoms with van der Waals surface area (Å²) in [5.41, 5.74) is 2.27. The van der Waals surface area contributed by atoms with Crippen LogP contribution in [0.1, 0.15) is 18.1 Å². The Hall–Kier alpha value is -1.52. The molecule has 0 aliphatic rings. The van der Waals surface area contributed by atoms with E-state index in [1.807, 2.05) is 55.5 Å². The third kappa shape index (κ3) is 5.06. The van der Waals surface area contributed by atoms with Crippen LogP contribution < -0.4 is 9.47 Å². The summed E-state index contributed by atoms with van der Waals surface area (Å²) in [4.78, 5) is 0. The molecule has 0 amide bonds. The van der Waals surface area contributed by atoms with Gasteiger partial charge in [0, 0.05) is 5.33 Å². The topological polar surface area (TPSA) is 27.7 Å². The van der Waals surface area contributed by atoms with E-state index in [1.54, 1.807) is 0 Å². The zero-order valence-electron chi connectivity index (χ0n) is 12.0. The summed E-state index contributed by atoms with van der Waals surface area (Å²) in [6.07, 6.45) is 0. The molecule has 0 fully saturated rings. The molecule has 0 aliphatic heterocycles. The van der Waals surface area contributed by atoms with Gasteiger partial charge in [0.1, 0.15) is 0 Å². The van der Waals surface area contributed by atoms with Gasteiger partial charge in [0.15, 0.2) is 18.3 Å². The quantitative estimate of drug-likeness (QED) is 0.397. The van der Waals surface area contributed by atoms with Gasteiger partial charge in [0.2, 0.25) is 0 Å². The minimum atomic E-state index is 0.197. The molecule has 0 radical (unpaired) electrons. The molecule has 2 aromatic rings. The largest absolute Gasteiger partial charge is 0.490 e. The Balaban J connectivity index is 1.87. The molecule has 0 spiro atoms. The minimum Gasteiger partial charge on any atom is -0.490 e. The van der Waals surface area contributed by atoms with Crippen LogP contribution in [0.2, 0.25) is 0 Å². The molecular formula is C17H19BrO3. The Bertz CT molecular complexity index is 543. The number of halogens is 1. The van der Waals surface area contributed by atoms with Crippen LogP contribution in [-0.2, 0) is 16.7 Å². The zero-order chi connectivity index (χ0) is 14.9. The summed E-state index contributed by atoms with van der Waals surface area (Å²) in [5, 5.41) is 0.790. The molecular weight excluding hydrogens is 332 g/mol. The van der Waals surface area contributed by atoms with Gasteiger partial charge in [-0.05, 0) is 30.2 Å². The lowest BCUT2D eigenvalue weighted by molar-refractivity contribution is 0.00350. The Morgan fingerprint density at radius 3 is 2.43 bits per heavy atom. The van der Waals surface area contributed by atoms with E-state index in [-0.39, 0.29) is 6.79 Å². The third-order valence-electron chi connectivity index (χ3n) is 2.87. The highest BCUT2D eigenvalue weighted by atomic mass is 79.9. The fourth-order valence-corrected chi connectivity index (χ4v) is 2.21. The highest BCUT2D eigenvalue weighted by Gasteiger charge is 2.06. The summed E-state index contributed by atoms with van der Waals surface area (Å²) in [6, 6.07) is 15.9. The van der Waals surface area contributed by atoms with E-state index in [0.717, 1.165) is 22.2 Å². The van der Waals surface area contributed by atoms with Crippen molar-refractivity contribution in [2.45, 2.75) is 18.9 Å². The first-order valence-corrected chi connectivity index (χ1v) is 8.01. The van der Waals surface area contributed by atoms with E-state index in [0.29, 0.717) is 19.0 Å². The van der Waals surface area contributed by atoms with Crippen LogP contribution in [0.15, 0.2) is 48.5 Å². The zero-order valence-corrected chi connectivity index (χ0v) is 13.6. The van der Waals surface area contributed by atoms with Gasteiger partial charge in [-0.25, -0.2) is 0 Å². The molecule has 3 nitrogen and oxygen atoms in total. The second-order valence-electron chi connectivity index (χ2n) is 4.44. The number of alkyl halides is 1. The lowest BCUT2D eigenvalue weighted by Crippen LogP contribution is -2.05. The van der Waals surface area contributed by atoms with Crippen LogP contribution in [0.3, 0.4) is 0 Å². The molecule has 21 heavy (non-hydrogen) atoms. The maximum absolute atomic E-state index is 5.65. The average Bonchev–Trinajstić information content (AvgIpc) is 2.54. The standard InChI is InChI=1S/C17H19BrO3/c1-2-20-17-10-15(11-18)8-9-16(17)21-13-19-12-14-6-4-3-5-7-14/h3-10H,2,11-13H2,1H3. The van der Waals surface area contributed by atoms with Gasteiger partial charge in [0.25, 0.3) is 0 Å². The predicted molar refractivity (Wildman–Crippen MR) is 87.0 cm³/mol. The fraction of sp³-hybridized carbons (Fsp3) is 0.294. The van der Waals surface area contributed by atoms with Crippen LogP contribution in [0.5, 0.6) is 11.5 Å². The van der Waals surface area contributed by atoms with Crippen molar-refractivity contribution < 1.29 is 14.2 Å². The Labute approximate surface area is 134 Å². The highest BCUT2D eigenvalue weighted by molar-refractivity contribution is 9.08. The van der Waals surface area contributed by atoms with Crippen LogP contribution >= 0.6 is 15.9 Å². The lowest BCUT2D eigenvalue weighted by Gasteiger charge is -2.13. The number of ether oxygens (including phenoxy) is 3. The van der Waals surface area contributed by atoms with Crippen molar-refractivity contribution in [3.8, 4) is 11.5 Å². The van der Waals surface area contributed by atoms with Crippen molar-refractivity contribution >= 4 is 15.9 Å². The average molecular weight is 351 g/mol. The molecule has 0 bridgehead atoms. The van der Waals surface area contributed by atoms with Crippen molar-refractivity contribution in [3.63, 3.8) is 0 Å². The maximum Gasteiger partial charge on any atom is 0.189 e. The Morgan fingerprint density at radius 2 is 1.71 bits per heavy atom. The van der Waals surface area contributed by atoms with Gasteiger partial charge in [-0.15, -0.1) is 0 Å². The van der Waals surface area contributed by atoms with Crippen LogP contribution in [-0.4, -0.2) is 13.4 Å². The normalized spacial score (nSPS) is 10.4. The lowest BCUT2D eigenvalue weighted by atomic mass is 10.2. The Morgan fingerprint density at radius 1 is 0.905 bits per heavy atom. The molecule has 112 valence electrons. The molecule has 2 rings (SSSR count). The highest BCUT2D eigenvalue weighted by Crippen LogP contribution is 2.29. The first kappa shape index (κ1) is 15.9. The number of benzene rings is 2. The molecule has 0 saturated carbocycles. The monoisotopic (exact) mass is 350 g/mol. The van der Waals surface area contributed by atoms with E-state index in [4.69, 9.17) is 14.2 Å². The van der Waals surface area contributed by atoms with Gasteiger partial charge >= 0.3 is 0 Å². The van der Waals surface area contributed by atoms with E-state index in [2.05, 4.69) is 15.9 Å². The summed E-state index contributed by atoms with van der Waals surface area (Å²) in [7, 11) is 0. The summed E-state index contributed by atoms with van der Waals surface area (Å²) >= 11 is 3.44. The van der Waals surface area contributed by atoms with Crippen molar-refractivity contribution in [2.75, 3.05) is 13.4 Å². The molecule has 0 aliphatic carbocycles. The van der Waals surface area contributed by atoms with Crippen LogP contribution in [0.25, 0.3) is 0 Å². The third-order valence-corrected chi connectivity index (χ3v) is 3.52. The number of hydrogen-bond donors (Lipinski definition) is 0. The maximum atomic E-state index is 5.65. The SMILES string of the molecule is CCOc1cc(CBr)ccc1OCOCc1ccccc1. The van der Waals surface area contributed by atoms with E-state index in [9.17, 15) is 0 Å². The summed E-state index contributed by atoms with van der Waals surface area (Å²) < 4.78 is 16.8. The summed E-state index contributed by atoms with van der Waals surface area (Å²) in [5.74, 6) is 1.45. The first-order chi connectivity index (χ1) is 10.3. The minimum absolute atomic E-state index is 0.197. The fourth-order valence-electron chi connectivity index (χ4n) is 1.86. The second-order valence-corrected chi connectivity index (χ2v) is 5.00. The van der Waals surface area contributed by atoms with Crippen molar-refractivity contribution in [1.29, 1.82) is 0 Å². The second kappa shape index (κ2) is 8.70. The first-order valence-electron chi connectivity index (χ1n) is 6.89. The molecule has 0 unspecified atom stereocenters. The van der Waals surface area contributed by atoms with Crippen molar-refractivity contribution in [3.05, 3.63) is 59.7 Å². The van der Waals surface area contributed by atoms with Crippen LogP contribution in [0.4, 0.5) is 0 Å². The predicted octanol–water partition coefficient (Wildman–Crippen LogP) is 4.53. The van der Waals surface area contributed by atoms with Crippen molar-refractivity contribution in [2.24, 2.45) is 0 Å². The molecule has 4 heteroatoms. The molecule has 0 aromatic heterocycles. The smallest absolute Gasteiger partial charge is 0.189 e. The summed E-state index contributed by atoms with van der Waals surface area (Å²) in [6.45, 7) is 3.29. The van der Waals surface area contributed by atoms with Gasteiger partial charge in [-0.2, -0.15) is 0 Å². The van der Waals surface area contributed by atoms with Gasteiger partial charge in [-0.3, -0.25) is 0 Å². The molecule has 2 aromatic carbocycles.